The Kier molecular flexibility index (Phi) is 5.65. The molecule has 4 rings (SSSR count). The molecular weight excluding hydrogens is 429 g/mol. The standard InChI is InChI=1S/C19H27N3O2.HI/c1-3-20-18(21-12-19(8-9-19)15-5-6-15)22(2)11-14-4-7-16-17(10-14)24-13-23-16;/h4,7,10,15H,3,5-6,8-9,11-13H2,1-2H3,(H,20,21);1H. The van der Waals surface area contributed by atoms with Crippen molar-refractivity contribution in [3.8, 4) is 11.5 Å². The van der Waals surface area contributed by atoms with E-state index in [0.717, 1.165) is 43.0 Å². The maximum Gasteiger partial charge on any atom is 0.231 e. The van der Waals surface area contributed by atoms with E-state index in [-0.39, 0.29) is 24.0 Å². The topological polar surface area (TPSA) is 46.1 Å². The van der Waals surface area contributed by atoms with Crippen LogP contribution in [0, 0.1) is 11.3 Å². The fraction of sp³-hybridized carbons (Fsp3) is 0.632. The minimum absolute atomic E-state index is 0. The predicted molar refractivity (Wildman–Crippen MR) is 110 cm³/mol. The highest BCUT2D eigenvalue weighted by Gasteiger charge is 2.53. The molecule has 25 heavy (non-hydrogen) atoms. The lowest BCUT2D eigenvalue weighted by molar-refractivity contribution is 0.174. The van der Waals surface area contributed by atoms with E-state index >= 15 is 0 Å². The Morgan fingerprint density at radius 1 is 1.28 bits per heavy atom. The van der Waals surface area contributed by atoms with Gasteiger partial charge < -0.3 is 19.7 Å². The summed E-state index contributed by atoms with van der Waals surface area (Å²) in [5.74, 6) is 3.63. The van der Waals surface area contributed by atoms with Gasteiger partial charge in [0.2, 0.25) is 6.79 Å². The minimum atomic E-state index is 0. The average molecular weight is 457 g/mol. The third-order valence-electron chi connectivity index (χ3n) is 5.43. The molecule has 2 fully saturated rings. The van der Waals surface area contributed by atoms with Crippen molar-refractivity contribution in [1.29, 1.82) is 0 Å². The fourth-order valence-corrected chi connectivity index (χ4v) is 3.64. The van der Waals surface area contributed by atoms with Crippen molar-refractivity contribution in [1.82, 2.24) is 10.2 Å². The van der Waals surface area contributed by atoms with Gasteiger partial charge in [-0.1, -0.05) is 6.07 Å². The molecule has 3 aliphatic rings. The van der Waals surface area contributed by atoms with Gasteiger partial charge in [-0.05, 0) is 61.6 Å². The first-order valence-electron chi connectivity index (χ1n) is 9.08. The first-order chi connectivity index (χ1) is 11.7. The molecule has 1 N–H and O–H groups in total. The number of benzene rings is 1. The predicted octanol–water partition coefficient (Wildman–Crippen LogP) is 3.62. The molecule has 0 atom stereocenters. The number of fused-ring (bicyclic) bond motifs is 1. The maximum atomic E-state index is 5.48. The summed E-state index contributed by atoms with van der Waals surface area (Å²) >= 11 is 0. The molecule has 1 aliphatic heterocycles. The second-order valence-electron chi connectivity index (χ2n) is 7.35. The Hall–Kier alpha value is -1.18. The summed E-state index contributed by atoms with van der Waals surface area (Å²) < 4.78 is 10.9. The van der Waals surface area contributed by atoms with Gasteiger partial charge in [-0.3, -0.25) is 4.99 Å². The van der Waals surface area contributed by atoms with Crippen LogP contribution in [0.4, 0.5) is 0 Å². The lowest BCUT2D eigenvalue weighted by atomic mass is 10.0. The first kappa shape index (κ1) is 18.6. The molecule has 0 radical (unpaired) electrons. The van der Waals surface area contributed by atoms with Crippen LogP contribution in [0.2, 0.25) is 0 Å². The highest BCUT2D eigenvalue weighted by Crippen LogP contribution is 2.61. The highest BCUT2D eigenvalue weighted by molar-refractivity contribution is 14.0. The van der Waals surface area contributed by atoms with Gasteiger partial charge in [0.05, 0.1) is 0 Å². The zero-order valence-electron chi connectivity index (χ0n) is 15.1. The van der Waals surface area contributed by atoms with Gasteiger partial charge in [-0.25, -0.2) is 0 Å². The average Bonchev–Trinajstić information content (AvgIpc) is 3.48. The summed E-state index contributed by atoms with van der Waals surface area (Å²) in [5, 5.41) is 3.43. The molecule has 1 aromatic carbocycles. The van der Waals surface area contributed by atoms with E-state index in [2.05, 4.69) is 36.3 Å². The van der Waals surface area contributed by atoms with E-state index in [1.807, 2.05) is 6.07 Å². The third-order valence-corrected chi connectivity index (χ3v) is 5.43. The SMILES string of the molecule is CCNC(=NCC1(C2CC2)CC1)N(C)Cc1ccc2c(c1)OCO2.I. The van der Waals surface area contributed by atoms with Crippen LogP contribution < -0.4 is 14.8 Å². The summed E-state index contributed by atoms with van der Waals surface area (Å²) in [5.41, 5.74) is 1.75. The molecule has 1 aromatic rings. The lowest BCUT2D eigenvalue weighted by Crippen LogP contribution is -2.39. The van der Waals surface area contributed by atoms with Crippen LogP contribution in [0.5, 0.6) is 11.5 Å². The summed E-state index contributed by atoms with van der Waals surface area (Å²) in [7, 11) is 2.10. The van der Waals surface area contributed by atoms with E-state index in [9.17, 15) is 0 Å². The first-order valence-corrected chi connectivity index (χ1v) is 9.08. The zero-order valence-corrected chi connectivity index (χ0v) is 17.4. The Labute approximate surface area is 167 Å². The zero-order chi connectivity index (χ0) is 16.6. The number of guanidine groups is 1. The number of nitrogens with one attached hydrogen (secondary N) is 1. The second kappa shape index (κ2) is 7.60. The maximum absolute atomic E-state index is 5.48. The van der Waals surface area contributed by atoms with E-state index in [1.165, 1.54) is 31.2 Å². The van der Waals surface area contributed by atoms with Gasteiger partial charge in [-0.2, -0.15) is 0 Å². The molecule has 1 heterocycles. The summed E-state index contributed by atoms with van der Waals surface area (Å²) in [6.45, 7) is 5.12. The molecule has 0 spiro atoms. The molecule has 138 valence electrons. The number of ether oxygens (including phenoxy) is 2. The number of rotatable bonds is 6. The van der Waals surface area contributed by atoms with Gasteiger partial charge in [0.15, 0.2) is 17.5 Å². The number of aliphatic imine (C=N–C) groups is 1. The highest BCUT2D eigenvalue weighted by atomic mass is 127. The number of hydrogen-bond acceptors (Lipinski definition) is 3. The third kappa shape index (κ3) is 4.15. The van der Waals surface area contributed by atoms with E-state index in [1.54, 1.807) is 0 Å². The minimum Gasteiger partial charge on any atom is -0.454 e. The molecule has 0 saturated heterocycles. The van der Waals surface area contributed by atoms with Crippen LogP contribution in [0.25, 0.3) is 0 Å². The summed E-state index contributed by atoms with van der Waals surface area (Å²) in [6.07, 6.45) is 5.57. The lowest BCUT2D eigenvalue weighted by Gasteiger charge is -2.23. The van der Waals surface area contributed by atoms with Crippen molar-refractivity contribution in [3.63, 3.8) is 0 Å². The smallest absolute Gasteiger partial charge is 0.231 e. The second-order valence-corrected chi connectivity index (χ2v) is 7.35. The molecule has 0 aromatic heterocycles. The van der Waals surface area contributed by atoms with Crippen LogP contribution in [0.1, 0.15) is 38.2 Å². The van der Waals surface area contributed by atoms with Crippen LogP contribution in [-0.4, -0.2) is 37.8 Å². The van der Waals surface area contributed by atoms with Gasteiger partial charge in [-0.15, -0.1) is 24.0 Å². The number of halogens is 1. The Bertz CT molecular complexity index is 642. The quantitative estimate of drug-likeness (QED) is 0.403. The Morgan fingerprint density at radius 2 is 2.04 bits per heavy atom. The molecule has 5 nitrogen and oxygen atoms in total. The number of nitrogens with zero attached hydrogens (tertiary/aromatic N) is 2. The van der Waals surface area contributed by atoms with Crippen molar-refractivity contribution < 1.29 is 9.47 Å². The van der Waals surface area contributed by atoms with E-state index in [0.29, 0.717) is 12.2 Å². The van der Waals surface area contributed by atoms with Gasteiger partial charge in [0.25, 0.3) is 0 Å². The van der Waals surface area contributed by atoms with Crippen LogP contribution in [0.3, 0.4) is 0 Å². The summed E-state index contributed by atoms with van der Waals surface area (Å²) in [6, 6.07) is 6.15. The Morgan fingerprint density at radius 3 is 2.72 bits per heavy atom. The van der Waals surface area contributed by atoms with Crippen LogP contribution >= 0.6 is 24.0 Å². The molecule has 2 aliphatic carbocycles. The van der Waals surface area contributed by atoms with Crippen LogP contribution in [0.15, 0.2) is 23.2 Å². The van der Waals surface area contributed by atoms with Gasteiger partial charge >= 0.3 is 0 Å². The largest absolute Gasteiger partial charge is 0.454 e. The fourth-order valence-electron chi connectivity index (χ4n) is 3.64. The molecule has 2 saturated carbocycles. The van der Waals surface area contributed by atoms with Gasteiger partial charge in [0, 0.05) is 26.7 Å². The van der Waals surface area contributed by atoms with E-state index < -0.39 is 0 Å². The van der Waals surface area contributed by atoms with Crippen molar-refractivity contribution in [2.45, 2.75) is 39.2 Å². The van der Waals surface area contributed by atoms with Crippen LogP contribution in [-0.2, 0) is 6.54 Å². The molecule has 6 heteroatoms. The van der Waals surface area contributed by atoms with Crippen molar-refractivity contribution in [2.24, 2.45) is 16.3 Å². The van der Waals surface area contributed by atoms with Crippen molar-refractivity contribution in [3.05, 3.63) is 23.8 Å². The van der Waals surface area contributed by atoms with Gasteiger partial charge in [0.1, 0.15) is 0 Å². The number of hydrogen-bond donors (Lipinski definition) is 1. The van der Waals surface area contributed by atoms with Crippen molar-refractivity contribution in [2.75, 3.05) is 26.9 Å². The molecule has 0 bridgehead atoms. The van der Waals surface area contributed by atoms with Crippen molar-refractivity contribution >= 4 is 29.9 Å². The molecular formula is C19H28IN3O2. The normalized spacial score (nSPS) is 20.0. The molecule has 0 amide bonds. The molecule has 0 unspecified atom stereocenters. The Balaban J connectivity index is 0.00000182. The van der Waals surface area contributed by atoms with E-state index in [4.69, 9.17) is 14.5 Å². The summed E-state index contributed by atoms with van der Waals surface area (Å²) in [4.78, 5) is 7.15. The monoisotopic (exact) mass is 457 g/mol.